The van der Waals surface area contributed by atoms with Crippen molar-refractivity contribution in [3.8, 4) is 0 Å². The van der Waals surface area contributed by atoms with E-state index in [-0.39, 0.29) is 11.7 Å². The number of nitrogens with one attached hydrogen (secondary N) is 3. The number of amides is 3. The number of halogens is 3. The van der Waals surface area contributed by atoms with Crippen molar-refractivity contribution < 1.29 is 37.4 Å². The first kappa shape index (κ1) is 26.0. The Morgan fingerprint density at radius 1 is 0.971 bits per heavy atom. The van der Waals surface area contributed by atoms with E-state index in [1.54, 1.807) is 0 Å². The van der Waals surface area contributed by atoms with Crippen molar-refractivity contribution in [2.75, 3.05) is 6.54 Å². The lowest BCUT2D eigenvalue weighted by molar-refractivity contribution is -0.137. The van der Waals surface area contributed by atoms with Crippen LogP contribution in [0.25, 0.3) is 0 Å². The van der Waals surface area contributed by atoms with Gasteiger partial charge in [-0.2, -0.15) is 13.2 Å². The number of alkyl halides is 3. The molecule has 1 aliphatic rings. The second-order valence-electron chi connectivity index (χ2n) is 8.22. The number of ether oxygens (including phenoxy) is 1. The molecule has 0 aromatic heterocycles. The van der Waals surface area contributed by atoms with E-state index in [2.05, 4.69) is 16.0 Å². The van der Waals surface area contributed by atoms with Gasteiger partial charge in [0.25, 0.3) is 5.91 Å². The van der Waals surface area contributed by atoms with Crippen molar-refractivity contribution >= 4 is 17.9 Å². The molecular weight excluding hydrogens is 467 g/mol. The van der Waals surface area contributed by atoms with Gasteiger partial charge in [0.1, 0.15) is 0 Å². The molecule has 0 aliphatic heterocycles. The Morgan fingerprint density at radius 3 is 2.40 bits per heavy atom. The summed E-state index contributed by atoms with van der Waals surface area (Å²) in [5.74, 6) is -1.42. The molecular formula is C24H26F3N3O5. The standard InChI is InChI=1S/C24H26F3N3O5/c25-24(26,27)17-8-4-7-16(11-17)22(32)28-13-21(31)29-19-10-9-18(12-20(19)30-23(33)34)35-14-15-5-2-1-3-6-15/h1-8,11,18-20,30H,9-10,12-14H2,(H,28,32)(H,29,31)(H,33,34). The smallest absolute Gasteiger partial charge is 0.416 e. The number of carbonyl (C=O) groups is 3. The highest BCUT2D eigenvalue weighted by atomic mass is 19.4. The zero-order valence-corrected chi connectivity index (χ0v) is 18.7. The number of benzene rings is 2. The molecule has 3 rings (SSSR count). The summed E-state index contributed by atoms with van der Waals surface area (Å²) in [6, 6.07) is 12.3. The molecule has 0 radical (unpaired) electrons. The van der Waals surface area contributed by atoms with Gasteiger partial charge in [-0.1, -0.05) is 36.4 Å². The molecule has 3 atom stereocenters. The topological polar surface area (TPSA) is 117 Å². The lowest BCUT2D eigenvalue weighted by Crippen LogP contribution is -2.56. The first-order valence-corrected chi connectivity index (χ1v) is 11.0. The average Bonchev–Trinajstić information content (AvgIpc) is 2.82. The van der Waals surface area contributed by atoms with Crippen molar-refractivity contribution in [3.63, 3.8) is 0 Å². The molecule has 0 bridgehead atoms. The van der Waals surface area contributed by atoms with Crippen LogP contribution in [0.2, 0.25) is 0 Å². The number of rotatable bonds is 8. The molecule has 35 heavy (non-hydrogen) atoms. The summed E-state index contributed by atoms with van der Waals surface area (Å²) < 4.78 is 44.4. The van der Waals surface area contributed by atoms with Crippen LogP contribution < -0.4 is 16.0 Å². The van der Waals surface area contributed by atoms with E-state index in [4.69, 9.17) is 4.74 Å². The largest absolute Gasteiger partial charge is 0.465 e. The van der Waals surface area contributed by atoms with E-state index in [1.807, 2.05) is 30.3 Å². The van der Waals surface area contributed by atoms with Crippen LogP contribution in [-0.4, -0.2) is 47.7 Å². The minimum Gasteiger partial charge on any atom is -0.465 e. The Kier molecular flexibility index (Phi) is 8.69. The fourth-order valence-corrected chi connectivity index (χ4v) is 3.92. The van der Waals surface area contributed by atoms with E-state index < -0.39 is 48.3 Å². The SMILES string of the molecule is O=C(O)NC1CC(OCc2ccccc2)CCC1NC(=O)CNC(=O)c1cccc(C(F)(F)F)c1. The van der Waals surface area contributed by atoms with Gasteiger partial charge in [-0.05, 0) is 43.0 Å². The highest BCUT2D eigenvalue weighted by molar-refractivity contribution is 5.96. The van der Waals surface area contributed by atoms with E-state index in [9.17, 15) is 32.7 Å². The van der Waals surface area contributed by atoms with Gasteiger partial charge in [-0.15, -0.1) is 0 Å². The van der Waals surface area contributed by atoms with E-state index in [0.29, 0.717) is 31.9 Å². The highest BCUT2D eigenvalue weighted by Crippen LogP contribution is 2.29. The maximum atomic E-state index is 12.8. The first-order valence-electron chi connectivity index (χ1n) is 11.0. The van der Waals surface area contributed by atoms with Crippen LogP contribution in [0.1, 0.15) is 40.7 Å². The van der Waals surface area contributed by atoms with Crippen LogP contribution >= 0.6 is 0 Å². The highest BCUT2D eigenvalue weighted by Gasteiger charge is 2.33. The molecule has 0 saturated heterocycles. The van der Waals surface area contributed by atoms with Crippen LogP contribution in [-0.2, 0) is 22.3 Å². The zero-order valence-electron chi connectivity index (χ0n) is 18.7. The van der Waals surface area contributed by atoms with Crippen LogP contribution in [0.5, 0.6) is 0 Å². The van der Waals surface area contributed by atoms with Crippen LogP contribution in [0, 0.1) is 0 Å². The minimum atomic E-state index is -4.59. The fraction of sp³-hybridized carbons (Fsp3) is 0.375. The summed E-state index contributed by atoms with van der Waals surface area (Å²) in [4.78, 5) is 35.8. The number of hydrogen-bond donors (Lipinski definition) is 4. The molecule has 188 valence electrons. The van der Waals surface area contributed by atoms with Gasteiger partial charge in [0, 0.05) is 11.6 Å². The maximum absolute atomic E-state index is 12.8. The third-order valence-electron chi connectivity index (χ3n) is 5.65. The zero-order chi connectivity index (χ0) is 25.4. The average molecular weight is 493 g/mol. The lowest BCUT2D eigenvalue weighted by atomic mass is 9.88. The Labute approximate surface area is 199 Å². The molecule has 4 N–H and O–H groups in total. The molecule has 0 spiro atoms. The molecule has 1 aliphatic carbocycles. The van der Waals surface area contributed by atoms with Crippen molar-refractivity contribution in [2.45, 2.75) is 50.2 Å². The van der Waals surface area contributed by atoms with Gasteiger partial charge in [0.15, 0.2) is 0 Å². The summed E-state index contributed by atoms with van der Waals surface area (Å²) >= 11 is 0. The van der Waals surface area contributed by atoms with Crippen molar-refractivity contribution in [2.24, 2.45) is 0 Å². The molecule has 3 unspecified atom stereocenters. The predicted octanol–water partition coefficient (Wildman–Crippen LogP) is 3.33. The molecule has 11 heteroatoms. The van der Waals surface area contributed by atoms with Crippen LogP contribution in [0.4, 0.5) is 18.0 Å². The van der Waals surface area contributed by atoms with E-state index >= 15 is 0 Å². The quantitative estimate of drug-likeness (QED) is 0.450. The van der Waals surface area contributed by atoms with Crippen molar-refractivity contribution in [3.05, 3.63) is 71.3 Å². The van der Waals surface area contributed by atoms with Crippen molar-refractivity contribution in [1.82, 2.24) is 16.0 Å². The Balaban J connectivity index is 1.51. The minimum absolute atomic E-state index is 0.208. The fourth-order valence-electron chi connectivity index (χ4n) is 3.92. The molecule has 3 amide bonds. The van der Waals surface area contributed by atoms with Gasteiger partial charge in [-0.25, -0.2) is 4.79 Å². The summed E-state index contributed by atoms with van der Waals surface area (Å²) in [7, 11) is 0. The normalized spacial score (nSPS) is 20.0. The molecule has 1 saturated carbocycles. The van der Waals surface area contributed by atoms with Gasteiger partial charge in [0.2, 0.25) is 5.91 Å². The molecule has 2 aromatic carbocycles. The Hall–Kier alpha value is -3.60. The van der Waals surface area contributed by atoms with Crippen molar-refractivity contribution in [1.29, 1.82) is 0 Å². The maximum Gasteiger partial charge on any atom is 0.416 e. The van der Waals surface area contributed by atoms with Crippen LogP contribution in [0.3, 0.4) is 0 Å². The monoisotopic (exact) mass is 493 g/mol. The number of carboxylic acid groups (broad SMARTS) is 1. The number of carbonyl (C=O) groups excluding carboxylic acids is 2. The first-order chi connectivity index (χ1) is 16.6. The molecule has 0 heterocycles. The summed E-state index contributed by atoms with van der Waals surface area (Å²) in [5.41, 5.74) is -0.209. The van der Waals surface area contributed by atoms with Gasteiger partial charge in [-0.3, -0.25) is 9.59 Å². The molecule has 8 nitrogen and oxygen atoms in total. The molecule has 2 aromatic rings. The third kappa shape index (κ3) is 7.99. The number of hydrogen-bond acceptors (Lipinski definition) is 4. The second-order valence-corrected chi connectivity index (χ2v) is 8.22. The second kappa shape index (κ2) is 11.7. The third-order valence-corrected chi connectivity index (χ3v) is 5.65. The van der Waals surface area contributed by atoms with E-state index in [0.717, 1.165) is 17.7 Å². The lowest BCUT2D eigenvalue weighted by Gasteiger charge is -2.36. The van der Waals surface area contributed by atoms with Gasteiger partial charge in [0.05, 0.1) is 30.9 Å². The van der Waals surface area contributed by atoms with Crippen LogP contribution in [0.15, 0.2) is 54.6 Å². The summed E-state index contributed by atoms with van der Waals surface area (Å²) in [6.07, 6.45) is -4.66. The predicted molar refractivity (Wildman–Crippen MR) is 120 cm³/mol. The molecule has 1 fully saturated rings. The van der Waals surface area contributed by atoms with Gasteiger partial charge < -0.3 is 25.8 Å². The Bertz CT molecular complexity index is 1030. The summed E-state index contributed by atoms with van der Waals surface area (Å²) in [6.45, 7) is -0.0940. The van der Waals surface area contributed by atoms with Gasteiger partial charge >= 0.3 is 12.3 Å². The van der Waals surface area contributed by atoms with E-state index in [1.165, 1.54) is 6.07 Å². The summed E-state index contributed by atoms with van der Waals surface area (Å²) in [5, 5.41) is 16.6. The Morgan fingerprint density at radius 2 is 1.71 bits per heavy atom.